The van der Waals surface area contributed by atoms with Crippen molar-refractivity contribution in [2.75, 3.05) is 6.61 Å². The lowest BCUT2D eigenvalue weighted by atomic mass is 10.1. The third kappa shape index (κ3) is 1.27. The highest BCUT2D eigenvalue weighted by atomic mass is 35.5. The highest BCUT2D eigenvalue weighted by molar-refractivity contribution is 5.85. The minimum Gasteiger partial charge on any atom is -0.348 e. The summed E-state index contributed by atoms with van der Waals surface area (Å²) in [5.41, 5.74) is 5.67. The molecule has 2 aliphatic heterocycles. The fourth-order valence-corrected chi connectivity index (χ4v) is 1.36. The minimum absolute atomic E-state index is 0. The molecule has 2 saturated heterocycles. The highest BCUT2D eigenvalue weighted by Gasteiger charge is 2.35. The maximum absolute atomic E-state index is 5.67. The fourth-order valence-electron chi connectivity index (χ4n) is 1.36. The Hall–Kier alpha value is 0.170. The van der Waals surface area contributed by atoms with Crippen molar-refractivity contribution in [1.82, 2.24) is 0 Å². The molecule has 2 fully saturated rings. The zero-order valence-corrected chi connectivity index (χ0v) is 6.47. The van der Waals surface area contributed by atoms with Gasteiger partial charge in [0, 0.05) is 0 Å². The first kappa shape index (κ1) is 8.27. The van der Waals surface area contributed by atoms with Crippen LogP contribution in [0.2, 0.25) is 0 Å². The van der Waals surface area contributed by atoms with E-state index in [0.29, 0.717) is 6.10 Å². The van der Waals surface area contributed by atoms with E-state index < -0.39 is 0 Å². The van der Waals surface area contributed by atoms with Gasteiger partial charge in [-0.2, -0.15) is 0 Å². The molecule has 0 saturated carbocycles. The Bertz CT molecular complexity index is 122. The first-order chi connectivity index (χ1) is 4.36. The van der Waals surface area contributed by atoms with Crippen molar-refractivity contribution >= 4 is 12.4 Å². The molecule has 3 unspecified atom stereocenters. The zero-order chi connectivity index (χ0) is 6.27. The van der Waals surface area contributed by atoms with Crippen LogP contribution in [-0.2, 0) is 9.47 Å². The zero-order valence-electron chi connectivity index (χ0n) is 5.66. The SMILES string of the molecule is Cl.NC1CCC2COC1O2. The van der Waals surface area contributed by atoms with Crippen molar-refractivity contribution in [3.8, 4) is 0 Å². The molecule has 0 radical (unpaired) electrons. The van der Waals surface area contributed by atoms with E-state index in [1.807, 2.05) is 0 Å². The van der Waals surface area contributed by atoms with Crippen LogP contribution in [0.5, 0.6) is 0 Å². The molecule has 3 nitrogen and oxygen atoms in total. The van der Waals surface area contributed by atoms with Gasteiger partial charge in [0.2, 0.25) is 0 Å². The van der Waals surface area contributed by atoms with Gasteiger partial charge >= 0.3 is 0 Å². The standard InChI is InChI=1S/C6H11NO2.ClH/c7-5-2-1-4-3-8-6(5)9-4;/h4-6H,1-3,7H2;1H. The van der Waals surface area contributed by atoms with E-state index in [9.17, 15) is 0 Å². The largest absolute Gasteiger partial charge is 0.348 e. The second kappa shape index (κ2) is 3.05. The molecule has 0 aromatic rings. The van der Waals surface area contributed by atoms with Crippen molar-refractivity contribution < 1.29 is 9.47 Å². The van der Waals surface area contributed by atoms with Crippen molar-refractivity contribution in [2.24, 2.45) is 5.73 Å². The molecule has 2 rings (SSSR count). The average molecular weight is 166 g/mol. The molecular formula is C6H12ClNO2. The Labute approximate surface area is 66.3 Å². The summed E-state index contributed by atoms with van der Waals surface area (Å²) in [4.78, 5) is 0. The summed E-state index contributed by atoms with van der Waals surface area (Å²) in [5.74, 6) is 0. The van der Waals surface area contributed by atoms with Crippen LogP contribution in [-0.4, -0.2) is 25.0 Å². The van der Waals surface area contributed by atoms with Gasteiger partial charge in [-0.15, -0.1) is 12.4 Å². The van der Waals surface area contributed by atoms with Crippen LogP contribution < -0.4 is 5.73 Å². The molecule has 2 bridgehead atoms. The van der Waals surface area contributed by atoms with Crippen molar-refractivity contribution in [3.05, 3.63) is 0 Å². The summed E-state index contributed by atoms with van der Waals surface area (Å²) >= 11 is 0. The number of hydrogen-bond donors (Lipinski definition) is 1. The van der Waals surface area contributed by atoms with Gasteiger partial charge in [0.15, 0.2) is 6.29 Å². The number of halogens is 1. The van der Waals surface area contributed by atoms with Gasteiger partial charge in [-0.1, -0.05) is 0 Å². The Morgan fingerprint density at radius 1 is 1.30 bits per heavy atom. The summed E-state index contributed by atoms with van der Waals surface area (Å²) in [6, 6.07) is 0.115. The number of nitrogens with two attached hydrogens (primary N) is 1. The summed E-state index contributed by atoms with van der Waals surface area (Å²) in [7, 11) is 0. The lowest BCUT2D eigenvalue weighted by Crippen LogP contribution is -2.39. The molecule has 10 heavy (non-hydrogen) atoms. The maximum Gasteiger partial charge on any atom is 0.173 e. The van der Waals surface area contributed by atoms with Gasteiger partial charge in [0.1, 0.15) is 0 Å². The van der Waals surface area contributed by atoms with Gasteiger partial charge < -0.3 is 15.2 Å². The van der Waals surface area contributed by atoms with E-state index in [4.69, 9.17) is 15.2 Å². The first-order valence-corrected chi connectivity index (χ1v) is 3.39. The first-order valence-electron chi connectivity index (χ1n) is 3.39. The minimum atomic E-state index is -0.0938. The molecule has 0 aliphatic carbocycles. The summed E-state index contributed by atoms with van der Waals surface area (Å²) in [6.07, 6.45) is 2.37. The van der Waals surface area contributed by atoms with E-state index in [2.05, 4.69) is 0 Å². The van der Waals surface area contributed by atoms with Crippen LogP contribution in [0.15, 0.2) is 0 Å². The van der Waals surface area contributed by atoms with Crippen LogP contribution >= 0.6 is 12.4 Å². The topological polar surface area (TPSA) is 44.5 Å². The van der Waals surface area contributed by atoms with Gasteiger partial charge in [0.25, 0.3) is 0 Å². The van der Waals surface area contributed by atoms with Crippen LogP contribution in [0.1, 0.15) is 12.8 Å². The molecular weight excluding hydrogens is 154 g/mol. The van der Waals surface area contributed by atoms with Gasteiger partial charge in [-0.05, 0) is 12.8 Å². The molecule has 2 aliphatic rings. The molecule has 0 aromatic carbocycles. The average Bonchev–Trinajstić information content (AvgIpc) is 2.25. The maximum atomic E-state index is 5.67. The number of rotatable bonds is 0. The Balaban J connectivity index is 0.000000500. The number of ether oxygens (including phenoxy) is 2. The summed E-state index contributed by atoms with van der Waals surface area (Å²) in [5, 5.41) is 0. The Morgan fingerprint density at radius 2 is 2.10 bits per heavy atom. The van der Waals surface area contributed by atoms with Gasteiger partial charge in [-0.25, -0.2) is 0 Å². The van der Waals surface area contributed by atoms with Crippen molar-refractivity contribution in [2.45, 2.75) is 31.3 Å². The van der Waals surface area contributed by atoms with Crippen LogP contribution in [0.4, 0.5) is 0 Å². The van der Waals surface area contributed by atoms with E-state index in [1.54, 1.807) is 0 Å². The van der Waals surface area contributed by atoms with Gasteiger partial charge in [0.05, 0.1) is 18.8 Å². The van der Waals surface area contributed by atoms with Crippen LogP contribution in [0, 0.1) is 0 Å². The lowest BCUT2D eigenvalue weighted by Gasteiger charge is -2.23. The molecule has 3 atom stereocenters. The van der Waals surface area contributed by atoms with Crippen LogP contribution in [0.3, 0.4) is 0 Å². The third-order valence-electron chi connectivity index (χ3n) is 1.94. The fraction of sp³-hybridized carbons (Fsp3) is 1.00. The van der Waals surface area contributed by atoms with E-state index in [1.165, 1.54) is 0 Å². The molecule has 0 amide bonds. The third-order valence-corrected chi connectivity index (χ3v) is 1.94. The Morgan fingerprint density at radius 3 is 2.80 bits per heavy atom. The molecule has 60 valence electrons. The molecule has 2 heterocycles. The quantitative estimate of drug-likeness (QED) is 0.561. The molecule has 4 heteroatoms. The highest BCUT2D eigenvalue weighted by Crippen LogP contribution is 2.25. The van der Waals surface area contributed by atoms with E-state index in [0.717, 1.165) is 19.4 Å². The summed E-state index contributed by atoms with van der Waals surface area (Å²) in [6.45, 7) is 0.748. The van der Waals surface area contributed by atoms with E-state index in [-0.39, 0.29) is 24.7 Å². The normalized spacial score (nSPS) is 44.7. The number of fused-ring (bicyclic) bond motifs is 2. The molecule has 0 spiro atoms. The lowest BCUT2D eigenvalue weighted by molar-refractivity contribution is -0.0942. The smallest absolute Gasteiger partial charge is 0.173 e. The van der Waals surface area contributed by atoms with E-state index >= 15 is 0 Å². The van der Waals surface area contributed by atoms with Gasteiger partial charge in [-0.3, -0.25) is 0 Å². The second-order valence-electron chi connectivity index (χ2n) is 2.70. The monoisotopic (exact) mass is 165 g/mol. The molecule has 2 N–H and O–H groups in total. The number of hydrogen-bond acceptors (Lipinski definition) is 3. The Kier molecular flexibility index (Phi) is 2.52. The summed E-state index contributed by atoms with van der Waals surface area (Å²) < 4.78 is 10.6. The van der Waals surface area contributed by atoms with Crippen LogP contribution in [0.25, 0.3) is 0 Å². The van der Waals surface area contributed by atoms with Crippen molar-refractivity contribution in [1.29, 1.82) is 0 Å². The predicted octanol–water partition coefficient (Wildman–Crippen LogP) is 0.271. The van der Waals surface area contributed by atoms with Crippen molar-refractivity contribution in [3.63, 3.8) is 0 Å². The predicted molar refractivity (Wildman–Crippen MR) is 39.1 cm³/mol. The molecule has 0 aromatic heterocycles. The second-order valence-corrected chi connectivity index (χ2v) is 2.70.